The van der Waals surface area contributed by atoms with E-state index in [9.17, 15) is 14.4 Å². The van der Waals surface area contributed by atoms with Gasteiger partial charge in [0.25, 0.3) is 5.91 Å². The van der Waals surface area contributed by atoms with Crippen molar-refractivity contribution >= 4 is 33.6 Å². The number of amides is 1. The quantitative estimate of drug-likeness (QED) is 0.340. The van der Waals surface area contributed by atoms with Crippen LogP contribution < -0.4 is 10.1 Å². The molecule has 0 atom stereocenters. The van der Waals surface area contributed by atoms with Crippen LogP contribution in [0.2, 0.25) is 0 Å². The molecule has 0 aliphatic heterocycles. The van der Waals surface area contributed by atoms with E-state index in [1.54, 1.807) is 48.5 Å². The number of hydrogen-bond donors (Lipinski definition) is 1. The molecular formula is C21H22BrNO5. The summed E-state index contributed by atoms with van der Waals surface area (Å²) in [5.41, 5.74) is 0.834. The monoisotopic (exact) mass is 447 g/mol. The Morgan fingerprint density at radius 3 is 2.43 bits per heavy atom. The first-order chi connectivity index (χ1) is 13.5. The highest BCUT2D eigenvalue weighted by molar-refractivity contribution is 9.10. The maximum atomic E-state index is 12.1. The van der Waals surface area contributed by atoms with E-state index in [0.29, 0.717) is 28.0 Å². The van der Waals surface area contributed by atoms with Gasteiger partial charge in [-0.2, -0.15) is 0 Å². The smallest absolute Gasteiger partial charge is 0.325 e. The largest absolute Gasteiger partial charge is 0.494 e. The number of carbonyl (C=O) groups excluding carboxylic acids is 3. The van der Waals surface area contributed by atoms with Gasteiger partial charge in [0.15, 0.2) is 6.61 Å². The molecule has 0 unspecified atom stereocenters. The molecule has 0 saturated heterocycles. The third-order valence-corrected chi connectivity index (χ3v) is 4.51. The SMILES string of the molecule is CCCCOc1ccc(C(=O)NCC(=O)OCC(=O)c2ccccc2Br)cc1. The highest BCUT2D eigenvalue weighted by atomic mass is 79.9. The summed E-state index contributed by atoms with van der Waals surface area (Å²) in [6.07, 6.45) is 2.01. The highest BCUT2D eigenvalue weighted by Gasteiger charge is 2.13. The lowest BCUT2D eigenvalue weighted by Crippen LogP contribution is -2.31. The van der Waals surface area contributed by atoms with E-state index in [0.717, 1.165) is 12.8 Å². The Morgan fingerprint density at radius 1 is 1.04 bits per heavy atom. The Labute approximate surface area is 172 Å². The Balaban J connectivity index is 1.75. The van der Waals surface area contributed by atoms with Gasteiger partial charge in [0.1, 0.15) is 12.3 Å². The maximum Gasteiger partial charge on any atom is 0.325 e. The molecule has 2 rings (SSSR count). The number of rotatable bonds is 10. The maximum absolute atomic E-state index is 12.1. The number of nitrogens with one attached hydrogen (secondary N) is 1. The van der Waals surface area contributed by atoms with Crippen LogP contribution in [-0.2, 0) is 9.53 Å². The van der Waals surface area contributed by atoms with Crippen molar-refractivity contribution < 1.29 is 23.9 Å². The molecule has 0 heterocycles. The summed E-state index contributed by atoms with van der Waals surface area (Å²) in [6, 6.07) is 13.5. The minimum Gasteiger partial charge on any atom is -0.494 e. The number of benzene rings is 2. The van der Waals surface area contributed by atoms with Crippen LogP contribution in [0, 0.1) is 0 Å². The number of carbonyl (C=O) groups is 3. The fourth-order valence-electron chi connectivity index (χ4n) is 2.25. The van der Waals surface area contributed by atoms with Gasteiger partial charge in [0.2, 0.25) is 5.78 Å². The summed E-state index contributed by atoms with van der Waals surface area (Å²) in [5.74, 6) is -0.733. The molecule has 1 amide bonds. The van der Waals surface area contributed by atoms with Crippen LogP contribution in [0.15, 0.2) is 53.0 Å². The molecule has 0 bridgehead atoms. The van der Waals surface area contributed by atoms with E-state index in [-0.39, 0.29) is 18.9 Å². The number of esters is 1. The zero-order valence-electron chi connectivity index (χ0n) is 15.6. The van der Waals surface area contributed by atoms with Gasteiger partial charge in [0, 0.05) is 15.6 Å². The average Bonchev–Trinajstić information content (AvgIpc) is 2.71. The molecule has 0 aromatic heterocycles. The highest BCUT2D eigenvalue weighted by Crippen LogP contribution is 2.16. The van der Waals surface area contributed by atoms with Gasteiger partial charge < -0.3 is 14.8 Å². The van der Waals surface area contributed by atoms with Gasteiger partial charge in [-0.3, -0.25) is 14.4 Å². The topological polar surface area (TPSA) is 81.7 Å². The van der Waals surface area contributed by atoms with Crippen molar-refractivity contribution in [3.05, 3.63) is 64.1 Å². The number of halogens is 1. The Kier molecular flexibility index (Phi) is 8.68. The van der Waals surface area contributed by atoms with E-state index < -0.39 is 11.9 Å². The molecular weight excluding hydrogens is 426 g/mol. The van der Waals surface area contributed by atoms with Gasteiger partial charge in [-0.15, -0.1) is 0 Å². The van der Waals surface area contributed by atoms with Crippen molar-refractivity contribution in [2.24, 2.45) is 0 Å². The van der Waals surface area contributed by atoms with Crippen LogP contribution in [0.1, 0.15) is 40.5 Å². The van der Waals surface area contributed by atoms with Crippen molar-refractivity contribution in [1.29, 1.82) is 0 Å². The second kappa shape index (κ2) is 11.2. The molecule has 0 aliphatic carbocycles. The van der Waals surface area contributed by atoms with E-state index >= 15 is 0 Å². The molecule has 2 aromatic rings. The molecule has 0 aliphatic rings. The molecule has 0 fully saturated rings. The normalized spacial score (nSPS) is 10.2. The van der Waals surface area contributed by atoms with E-state index in [1.165, 1.54) is 0 Å². The van der Waals surface area contributed by atoms with Crippen molar-refractivity contribution in [2.75, 3.05) is 19.8 Å². The lowest BCUT2D eigenvalue weighted by atomic mass is 10.1. The third-order valence-electron chi connectivity index (χ3n) is 3.81. The Bertz CT molecular complexity index is 820. The minimum atomic E-state index is -0.687. The summed E-state index contributed by atoms with van der Waals surface area (Å²) in [5, 5.41) is 2.47. The van der Waals surface area contributed by atoms with Crippen LogP contribution in [0.5, 0.6) is 5.75 Å². The summed E-state index contributed by atoms with van der Waals surface area (Å²) in [7, 11) is 0. The first kappa shape index (κ1) is 21.6. The first-order valence-corrected chi connectivity index (χ1v) is 9.75. The molecule has 148 valence electrons. The molecule has 7 heteroatoms. The van der Waals surface area contributed by atoms with E-state index in [2.05, 4.69) is 28.2 Å². The van der Waals surface area contributed by atoms with Crippen LogP contribution in [0.25, 0.3) is 0 Å². The second-order valence-corrected chi connectivity index (χ2v) is 6.83. The Hall–Kier alpha value is -2.67. The van der Waals surface area contributed by atoms with Crippen molar-refractivity contribution in [1.82, 2.24) is 5.32 Å². The standard InChI is InChI=1S/C21H22BrNO5/c1-2-3-12-27-16-10-8-15(9-11-16)21(26)23-13-20(25)28-14-19(24)17-6-4-5-7-18(17)22/h4-11H,2-3,12-14H2,1H3,(H,23,26). The van der Waals surface area contributed by atoms with E-state index in [4.69, 9.17) is 9.47 Å². The van der Waals surface area contributed by atoms with Gasteiger partial charge in [-0.1, -0.05) is 47.5 Å². The second-order valence-electron chi connectivity index (χ2n) is 5.97. The molecule has 0 spiro atoms. The van der Waals surface area contributed by atoms with Gasteiger partial charge in [-0.25, -0.2) is 0 Å². The van der Waals surface area contributed by atoms with Crippen molar-refractivity contribution in [3.63, 3.8) is 0 Å². The Morgan fingerprint density at radius 2 is 1.75 bits per heavy atom. The number of Topliss-reactive ketones (excluding diaryl/α,β-unsaturated/α-hetero) is 1. The van der Waals surface area contributed by atoms with E-state index in [1.807, 2.05) is 0 Å². The zero-order chi connectivity index (χ0) is 20.4. The minimum absolute atomic E-state index is 0.323. The average molecular weight is 448 g/mol. The van der Waals surface area contributed by atoms with Crippen molar-refractivity contribution in [3.8, 4) is 5.75 Å². The van der Waals surface area contributed by atoms with Gasteiger partial charge in [-0.05, 0) is 36.8 Å². The molecule has 2 aromatic carbocycles. The number of hydrogen-bond acceptors (Lipinski definition) is 5. The molecule has 6 nitrogen and oxygen atoms in total. The molecule has 1 N–H and O–H groups in total. The molecule has 0 radical (unpaired) electrons. The van der Waals surface area contributed by atoms with Crippen LogP contribution in [-0.4, -0.2) is 37.4 Å². The number of ether oxygens (including phenoxy) is 2. The summed E-state index contributed by atoms with van der Waals surface area (Å²) < 4.78 is 11.1. The molecule has 0 saturated carbocycles. The molecule has 28 heavy (non-hydrogen) atoms. The first-order valence-electron chi connectivity index (χ1n) is 8.95. The lowest BCUT2D eigenvalue weighted by Gasteiger charge is -2.08. The predicted octanol–water partition coefficient (Wildman–Crippen LogP) is 3.78. The van der Waals surface area contributed by atoms with Crippen LogP contribution in [0.4, 0.5) is 0 Å². The fraction of sp³-hybridized carbons (Fsp3) is 0.286. The zero-order valence-corrected chi connectivity index (χ0v) is 17.2. The van der Waals surface area contributed by atoms with Crippen molar-refractivity contribution in [2.45, 2.75) is 19.8 Å². The summed E-state index contributed by atoms with van der Waals surface area (Å²) >= 11 is 3.27. The summed E-state index contributed by atoms with van der Waals surface area (Å²) in [6.45, 7) is 2.00. The summed E-state index contributed by atoms with van der Waals surface area (Å²) in [4.78, 5) is 35.9. The van der Waals surface area contributed by atoms with Crippen LogP contribution >= 0.6 is 15.9 Å². The lowest BCUT2D eigenvalue weighted by molar-refractivity contribution is -0.141. The van der Waals surface area contributed by atoms with Gasteiger partial charge in [0.05, 0.1) is 6.61 Å². The fourth-order valence-corrected chi connectivity index (χ4v) is 2.76. The number of unbranched alkanes of at least 4 members (excludes halogenated alkanes) is 1. The predicted molar refractivity (Wildman–Crippen MR) is 109 cm³/mol. The van der Waals surface area contributed by atoms with Crippen LogP contribution in [0.3, 0.4) is 0 Å². The van der Waals surface area contributed by atoms with Gasteiger partial charge >= 0.3 is 5.97 Å². The number of ketones is 1. The third kappa shape index (κ3) is 6.81.